The smallest absolute Gasteiger partial charge is 0.352 e. The lowest BCUT2D eigenvalue weighted by Crippen LogP contribution is -2.45. The molecule has 1 saturated carbocycles. The number of alkyl halides is 3. The Morgan fingerprint density at radius 3 is 2.65 bits per heavy atom. The third kappa shape index (κ3) is 4.36. The summed E-state index contributed by atoms with van der Waals surface area (Å²) >= 11 is 0. The number of carbonyl (C=O) groups is 1. The van der Waals surface area contributed by atoms with E-state index in [2.05, 4.69) is 19.2 Å². The largest absolute Gasteiger partial charge is 0.417 e. The molecule has 0 spiro atoms. The third-order valence-corrected chi connectivity index (χ3v) is 4.68. The topological polar surface area (TPSA) is 51.1 Å². The number of rotatable bonds is 3. The van der Waals surface area contributed by atoms with Crippen LogP contribution in [0.1, 0.15) is 38.7 Å². The van der Waals surface area contributed by atoms with Gasteiger partial charge in [0.25, 0.3) is 5.56 Å². The highest BCUT2D eigenvalue weighted by molar-refractivity contribution is 5.76. The van der Waals surface area contributed by atoms with Crippen LogP contribution in [-0.4, -0.2) is 16.5 Å². The minimum Gasteiger partial charge on any atom is -0.352 e. The molecular weight excluding hydrogens is 309 g/mol. The number of pyridine rings is 1. The Morgan fingerprint density at radius 1 is 1.30 bits per heavy atom. The Hall–Kier alpha value is -1.79. The molecule has 128 valence electrons. The summed E-state index contributed by atoms with van der Waals surface area (Å²) in [6.45, 7) is 3.78. The van der Waals surface area contributed by atoms with Crippen molar-refractivity contribution in [2.45, 2.75) is 51.9 Å². The molecule has 1 aliphatic rings. The van der Waals surface area contributed by atoms with Crippen molar-refractivity contribution < 1.29 is 18.0 Å². The molecule has 0 radical (unpaired) electrons. The van der Waals surface area contributed by atoms with E-state index in [-0.39, 0.29) is 6.04 Å². The van der Waals surface area contributed by atoms with E-state index in [4.69, 9.17) is 0 Å². The molecule has 1 N–H and O–H groups in total. The van der Waals surface area contributed by atoms with E-state index in [1.165, 1.54) is 0 Å². The molecule has 2 rings (SSSR count). The molecular formula is C16H21F3N2O2. The molecule has 7 heteroatoms. The zero-order valence-corrected chi connectivity index (χ0v) is 13.2. The Balaban J connectivity index is 2.07. The molecule has 1 aromatic heterocycles. The normalized spacial score (nSPS) is 25.2. The highest BCUT2D eigenvalue weighted by atomic mass is 19.4. The van der Waals surface area contributed by atoms with Crippen molar-refractivity contribution in [3.63, 3.8) is 0 Å². The number of nitrogens with one attached hydrogen (secondary N) is 1. The van der Waals surface area contributed by atoms with Crippen LogP contribution >= 0.6 is 0 Å². The van der Waals surface area contributed by atoms with E-state index < -0.39 is 29.8 Å². The second kappa shape index (κ2) is 6.76. The first-order valence-electron chi connectivity index (χ1n) is 7.75. The highest BCUT2D eigenvalue weighted by Gasteiger charge is 2.31. The number of aromatic nitrogens is 1. The number of nitrogens with zero attached hydrogens (tertiary/aromatic N) is 1. The van der Waals surface area contributed by atoms with Crippen LogP contribution in [0.25, 0.3) is 0 Å². The van der Waals surface area contributed by atoms with Crippen LogP contribution in [0.4, 0.5) is 13.2 Å². The summed E-state index contributed by atoms with van der Waals surface area (Å²) in [4.78, 5) is 23.8. The molecule has 0 aliphatic heterocycles. The van der Waals surface area contributed by atoms with Crippen LogP contribution in [0, 0.1) is 11.8 Å². The molecule has 3 atom stereocenters. The van der Waals surface area contributed by atoms with E-state index in [1.54, 1.807) is 0 Å². The van der Waals surface area contributed by atoms with Gasteiger partial charge < -0.3 is 9.88 Å². The lowest BCUT2D eigenvalue weighted by molar-refractivity contribution is -0.138. The monoisotopic (exact) mass is 330 g/mol. The molecule has 0 bridgehead atoms. The molecule has 0 aromatic carbocycles. The summed E-state index contributed by atoms with van der Waals surface area (Å²) in [5.41, 5.74) is -1.57. The predicted molar refractivity (Wildman–Crippen MR) is 79.8 cm³/mol. The zero-order valence-electron chi connectivity index (χ0n) is 13.2. The van der Waals surface area contributed by atoms with Crippen molar-refractivity contribution in [3.8, 4) is 0 Å². The molecule has 1 fully saturated rings. The SMILES string of the molecule is CC1CCCC(NC(=O)Cn2cc(C(F)(F)F)ccc2=O)C1C. The minimum atomic E-state index is -4.54. The van der Waals surface area contributed by atoms with E-state index in [0.717, 1.165) is 36.0 Å². The molecule has 1 aliphatic carbocycles. The molecule has 3 unspecified atom stereocenters. The first kappa shape index (κ1) is 17.6. The fourth-order valence-electron chi connectivity index (χ4n) is 3.02. The maximum Gasteiger partial charge on any atom is 0.417 e. The molecule has 4 nitrogen and oxygen atoms in total. The standard InChI is InChI=1S/C16H21F3N2O2/c1-10-4-3-5-13(11(10)2)20-14(22)9-21-8-12(16(17,18)19)6-7-15(21)23/h6-8,10-11,13H,3-5,9H2,1-2H3,(H,20,22). The summed E-state index contributed by atoms with van der Waals surface area (Å²) in [6.07, 6.45) is -0.872. The van der Waals surface area contributed by atoms with Gasteiger partial charge in [-0.3, -0.25) is 9.59 Å². The average molecular weight is 330 g/mol. The van der Waals surface area contributed by atoms with Gasteiger partial charge in [0, 0.05) is 18.3 Å². The molecule has 1 aromatic rings. The fraction of sp³-hybridized carbons (Fsp3) is 0.625. The van der Waals surface area contributed by atoms with Crippen molar-refractivity contribution in [2.75, 3.05) is 0 Å². The van der Waals surface area contributed by atoms with Crippen molar-refractivity contribution in [1.29, 1.82) is 0 Å². The Labute approximate surface area is 132 Å². The van der Waals surface area contributed by atoms with E-state index in [9.17, 15) is 22.8 Å². The predicted octanol–water partition coefficient (Wildman–Crippen LogP) is 2.81. The Kier molecular flexibility index (Phi) is 5.16. The number of hydrogen-bond acceptors (Lipinski definition) is 2. The lowest BCUT2D eigenvalue weighted by atomic mass is 9.78. The van der Waals surface area contributed by atoms with E-state index >= 15 is 0 Å². The van der Waals surface area contributed by atoms with Crippen molar-refractivity contribution >= 4 is 5.91 Å². The number of halogens is 3. The van der Waals surface area contributed by atoms with Crippen LogP contribution in [0.3, 0.4) is 0 Å². The van der Waals surface area contributed by atoms with E-state index in [0.29, 0.717) is 18.0 Å². The number of carbonyl (C=O) groups excluding carboxylic acids is 1. The Morgan fingerprint density at radius 2 is 2.00 bits per heavy atom. The average Bonchev–Trinajstić information content (AvgIpc) is 2.45. The summed E-state index contributed by atoms with van der Waals surface area (Å²) in [5.74, 6) is 0.369. The van der Waals surface area contributed by atoms with Crippen LogP contribution in [0.2, 0.25) is 0 Å². The minimum absolute atomic E-state index is 0.00718. The van der Waals surface area contributed by atoms with Gasteiger partial charge in [-0.25, -0.2) is 0 Å². The van der Waals surface area contributed by atoms with Crippen LogP contribution < -0.4 is 10.9 Å². The number of hydrogen-bond donors (Lipinski definition) is 1. The molecule has 0 saturated heterocycles. The van der Waals surface area contributed by atoms with Gasteiger partial charge in [-0.15, -0.1) is 0 Å². The molecule has 23 heavy (non-hydrogen) atoms. The van der Waals surface area contributed by atoms with Gasteiger partial charge in [0.2, 0.25) is 5.91 Å². The summed E-state index contributed by atoms with van der Waals surface area (Å²) in [7, 11) is 0. The summed E-state index contributed by atoms with van der Waals surface area (Å²) in [5, 5.41) is 2.85. The van der Waals surface area contributed by atoms with Gasteiger partial charge in [0.15, 0.2) is 0 Å². The summed E-state index contributed by atoms with van der Waals surface area (Å²) < 4.78 is 38.9. The lowest BCUT2D eigenvalue weighted by Gasteiger charge is -2.34. The molecule has 1 heterocycles. The summed E-state index contributed by atoms with van der Waals surface area (Å²) in [6, 6.07) is 1.57. The van der Waals surface area contributed by atoms with Gasteiger partial charge in [0.05, 0.1) is 5.56 Å². The van der Waals surface area contributed by atoms with Crippen molar-refractivity contribution in [2.24, 2.45) is 11.8 Å². The van der Waals surface area contributed by atoms with Gasteiger partial charge in [-0.1, -0.05) is 26.7 Å². The molecule has 1 amide bonds. The van der Waals surface area contributed by atoms with Gasteiger partial charge >= 0.3 is 6.18 Å². The van der Waals surface area contributed by atoms with Gasteiger partial charge in [-0.05, 0) is 24.3 Å². The fourth-order valence-corrected chi connectivity index (χ4v) is 3.02. The first-order valence-corrected chi connectivity index (χ1v) is 7.75. The maximum absolute atomic E-state index is 12.7. The van der Waals surface area contributed by atoms with Gasteiger partial charge in [0.1, 0.15) is 6.54 Å². The van der Waals surface area contributed by atoms with Crippen LogP contribution in [0.5, 0.6) is 0 Å². The quantitative estimate of drug-likeness (QED) is 0.926. The van der Waals surface area contributed by atoms with Crippen molar-refractivity contribution in [1.82, 2.24) is 9.88 Å². The third-order valence-electron chi connectivity index (χ3n) is 4.68. The van der Waals surface area contributed by atoms with E-state index in [1.807, 2.05) is 0 Å². The zero-order chi connectivity index (χ0) is 17.2. The van der Waals surface area contributed by atoms with Gasteiger partial charge in [-0.2, -0.15) is 13.2 Å². The number of amides is 1. The Bertz CT molecular complexity index is 624. The second-order valence-corrected chi connectivity index (χ2v) is 6.32. The second-order valence-electron chi connectivity index (χ2n) is 6.32. The van der Waals surface area contributed by atoms with Crippen LogP contribution in [0.15, 0.2) is 23.1 Å². The van der Waals surface area contributed by atoms with Crippen molar-refractivity contribution in [3.05, 3.63) is 34.2 Å². The van der Waals surface area contributed by atoms with Crippen LogP contribution in [-0.2, 0) is 17.5 Å². The maximum atomic E-state index is 12.7. The first-order chi connectivity index (χ1) is 10.7. The highest BCUT2D eigenvalue weighted by Crippen LogP contribution is 2.30.